The van der Waals surface area contributed by atoms with Crippen molar-refractivity contribution in [1.29, 1.82) is 0 Å². The summed E-state index contributed by atoms with van der Waals surface area (Å²) < 4.78 is 45.2. The minimum atomic E-state index is -0.784. The van der Waals surface area contributed by atoms with Gasteiger partial charge < -0.3 is 63.0 Å². The Morgan fingerprint density at radius 2 is 0.630 bits per heavy atom. The highest BCUT2D eigenvalue weighted by atomic mass is 19.1. The van der Waals surface area contributed by atoms with E-state index in [0.29, 0.717) is 88.0 Å². The van der Waals surface area contributed by atoms with E-state index in [2.05, 4.69) is 163 Å². The molecule has 1 unspecified atom stereocenters. The zero-order valence-electron chi connectivity index (χ0n) is 81.5. The lowest BCUT2D eigenvalue weighted by Crippen LogP contribution is -2.35. The molecule has 30 heteroatoms. The molecule has 138 heavy (non-hydrogen) atoms. The van der Waals surface area contributed by atoms with Gasteiger partial charge in [-0.2, -0.15) is 20.4 Å². The Labute approximate surface area is 807 Å². The van der Waals surface area contributed by atoms with E-state index in [1.807, 2.05) is 49.3 Å². The van der Waals surface area contributed by atoms with Crippen LogP contribution < -0.4 is 19.6 Å². The summed E-state index contributed by atoms with van der Waals surface area (Å²) in [5, 5.41) is 29.9. The second-order valence-corrected chi connectivity index (χ2v) is 40.3. The van der Waals surface area contributed by atoms with Crippen molar-refractivity contribution in [2.24, 2.45) is 0 Å². The maximum absolute atomic E-state index is 13.7. The van der Waals surface area contributed by atoms with Gasteiger partial charge in [0.15, 0.2) is 0 Å². The molecule has 0 bridgehead atoms. The van der Waals surface area contributed by atoms with E-state index in [1.165, 1.54) is 81.3 Å². The molecule has 29 nitrogen and oxygen atoms in total. The smallest absolute Gasteiger partial charge is 0.219 e. The first kappa shape index (κ1) is 92.5. The Morgan fingerprint density at radius 1 is 0.348 bits per heavy atom. The quantitative estimate of drug-likeness (QED) is 0.104. The average Bonchev–Trinajstić information content (AvgIpc) is 1.62. The van der Waals surface area contributed by atoms with Crippen LogP contribution in [0, 0.1) is 0 Å². The van der Waals surface area contributed by atoms with Crippen molar-refractivity contribution >= 4 is 90.0 Å². The number of rotatable bonds is 13. The van der Waals surface area contributed by atoms with Gasteiger partial charge in [0.25, 0.3) is 0 Å². The molecule has 4 atom stereocenters. The molecule has 0 radical (unpaired) electrons. The van der Waals surface area contributed by atoms with Crippen LogP contribution in [0.4, 0.5) is 27.7 Å². The van der Waals surface area contributed by atoms with Crippen LogP contribution >= 0.6 is 0 Å². The van der Waals surface area contributed by atoms with E-state index in [-0.39, 0.29) is 23.6 Å². The Balaban J connectivity index is 0.000000110. The molecule has 4 amide bonds. The number of ether oxygens (including phenoxy) is 4. The van der Waals surface area contributed by atoms with E-state index in [0.717, 1.165) is 289 Å². The van der Waals surface area contributed by atoms with Crippen molar-refractivity contribution in [2.45, 2.75) is 232 Å². The molecule has 0 aliphatic carbocycles. The number of benzene rings is 4. The first-order valence-corrected chi connectivity index (χ1v) is 50.9. The Hall–Kier alpha value is -11.8. The highest BCUT2D eigenvalue weighted by molar-refractivity contribution is 6.01. The molecule has 24 rings (SSSR count). The van der Waals surface area contributed by atoms with Gasteiger partial charge in [-0.05, 0) is 164 Å². The van der Waals surface area contributed by atoms with Gasteiger partial charge in [0.1, 0.15) is 29.4 Å². The molecular weight excluding hydrogens is 1740 g/mol. The van der Waals surface area contributed by atoms with Gasteiger partial charge in [0.05, 0.1) is 53.5 Å². The van der Waals surface area contributed by atoms with Gasteiger partial charge in [0.2, 0.25) is 23.6 Å². The molecule has 4 aromatic carbocycles. The van der Waals surface area contributed by atoms with Crippen molar-refractivity contribution in [3.05, 3.63) is 167 Å². The highest BCUT2D eigenvalue weighted by Gasteiger charge is 2.39. The van der Waals surface area contributed by atoms with Gasteiger partial charge in [-0.15, -0.1) is 0 Å². The number of carbonyl (C=O) groups excluding carboxylic acids is 4. The van der Waals surface area contributed by atoms with E-state index in [1.54, 1.807) is 27.7 Å². The summed E-state index contributed by atoms with van der Waals surface area (Å²) in [6.45, 7) is 28.1. The predicted molar refractivity (Wildman–Crippen MR) is 536 cm³/mol. The SMILES string of the molecule is CC(=O)N1CCc2c(c(-c3cccc4cc(N5CCC(F)C5)ncc34)nn2C2CCOCC2)C1.CC(=O)N1CCc2c(c(-c3cccc4cc(N5CCC[C@@H]5C)ncc34)nn2C2CCOCC2)C1.CC(=O)N1CCc2c(c(-c3cccc4cc(N5CCC[C@H]5C)ncc34)nn2C2CCOCC2)C1.CC(=O)N1CCc2c(c(-c3cccc4cc(N5CC[C@H](N(C)C)C5)ncc34)nn2C2CCOCC2)C1. The van der Waals surface area contributed by atoms with Gasteiger partial charge in [-0.25, -0.2) is 24.3 Å². The third-order valence-corrected chi connectivity index (χ3v) is 31.7. The normalized spacial score (nSPS) is 21.2. The lowest BCUT2D eigenvalue weighted by Gasteiger charge is -2.29. The van der Waals surface area contributed by atoms with E-state index < -0.39 is 6.17 Å². The maximum Gasteiger partial charge on any atom is 0.219 e. The number of anilines is 4. The monoisotopic (exact) mass is 1870 g/mol. The fraction of sp³-hybridized carbons (Fsp3) is 0.519. The molecule has 724 valence electrons. The summed E-state index contributed by atoms with van der Waals surface area (Å²) >= 11 is 0. The number of likely N-dealkylation sites (N-methyl/N-ethyl adjacent to an activating group) is 1. The Bertz CT molecular complexity index is 6330. The number of aromatic nitrogens is 12. The number of halogens is 1. The van der Waals surface area contributed by atoms with E-state index >= 15 is 0 Å². The highest BCUT2D eigenvalue weighted by Crippen LogP contribution is 2.45. The summed E-state index contributed by atoms with van der Waals surface area (Å²) in [4.78, 5) is 87.6. The van der Waals surface area contributed by atoms with Crippen LogP contribution in [0.1, 0.15) is 201 Å². The van der Waals surface area contributed by atoms with Crippen LogP contribution in [0.25, 0.3) is 88.1 Å². The molecule has 8 aromatic heterocycles. The second kappa shape index (κ2) is 40.2. The van der Waals surface area contributed by atoms with E-state index in [9.17, 15) is 23.6 Å². The van der Waals surface area contributed by atoms with Crippen LogP contribution in [0.15, 0.2) is 122 Å². The van der Waals surface area contributed by atoms with Crippen molar-refractivity contribution in [1.82, 2.24) is 83.6 Å². The van der Waals surface area contributed by atoms with Crippen LogP contribution in [-0.2, 0) is 90.0 Å². The number of carbonyl (C=O) groups is 4. The number of alkyl halides is 1. The van der Waals surface area contributed by atoms with Crippen molar-refractivity contribution in [3.63, 3.8) is 0 Å². The standard InChI is InChI=1S/C28H36N6O2.2C27H33N5O2.C26H30FN5O2/c1-19(35)32-12-8-26-25(18-32)28(30-34(26)21-9-13-36-14-10-21)23-6-4-5-20-15-27(29-16-24(20)23)33-11-7-22(17-33)31(2)3;2*1-18-5-4-11-31(18)26-15-20-6-3-7-22(23(20)16-28-26)27-24-17-30(19(2)33)12-8-25(24)32(29-27)21-9-13-34-14-10-21;1-17(33)30-10-6-24-23(16-30)26(29-32(24)20-7-11-34-12-8-20)21-4-2-3-18-13-25(28-14-22(18)21)31-9-5-19(27)15-31/h4-6,15-16,21-22H,7-14,17-18H2,1-3H3;2*3,6-7,15-16,18,21H,4-5,8-14,17H2,1-2H3;2-4,13-14,19-20H,5-12,15-16H2,1H3/t22-;2*18-;/m010./s1. The third-order valence-electron chi connectivity index (χ3n) is 31.7. The number of fused-ring (bicyclic) bond motifs is 8. The summed E-state index contributed by atoms with van der Waals surface area (Å²) in [5.74, 6) is 4.45. The van der Waals surface area contributed by atoms with Crippen LogP contribution in [0.2, 0.25) is 0 Å². The second-order valence-electron chi connectivity index (χ2n) is 40.3. The molecule has 0 spiro atoms. The number of hydrogen-bond donors (Lipinski definition) is 0. The molecule has 12 aliphatic rings. The van der Waals surface area contributed by atoms with Crippen LogP contribution in [0.3, 0.4) is 0 Å². The lowest BCUT2D eigenvalue weighted by atomic mass is 9.97. The number of amides is 4. The van der Waals surface area contributed by atoms with Crippen LogP contribution in [-0.4, -0.2) is 264 Å². The minimum absolute atomic E-state index is 0.0939. The predicted octanol–water partition coefficient (Wildman–Crippen LogP) is 16.1. The average molecular weight is 1870 g/mol. The lowest BCUT2D eigenvalue weighted by molar-refractivity contribution is -0.130. The molecule has 12 aromatic rings. The summed E-state index contributed by atoms with van der Waals surface area (Å²) in [5.41, 5.74) is 18.1. The topological polar surface area (TPSA) is 257 Å². The van der Waals surface area contributed by atoms with E-state index in [4.69, 9.17) is 59.3 Å². The first-order chi connectivity index (χ1) is 67.3. The Morgan fingerprint density at radius 3 is 0.891 bits per heavy atom. The largest absolute Gasteiger partial charge is 0.381 e. The zero-order chi connectivity index (χ0) is 94.5. The third kappa shape index (κ3) is 18.6. The number of pyridine rings is 4. The molecule has 0 saturated carbocycles. The van der Waals surface area contributed by atoms with Gasteiger partial charge in [0, 0.05) is 323 Å². The van der Waals surface area contributed by atoms with Crippen LogP contribution in [0.5, 0.6) is 0 Å². The van der Waals surface area contributed by atoms with Gasteiger partial charge in [-0.1, -0.05) is 72.8 Å². The maximum atomic E-state index is 13.7. The molecule has 12 aliphatic heterocycles. The van der Waals surface area contributed by atoms with Crippen molar-refractivity contribution in [2.75, 3.05) is 152 Å². The fourth-order valence-corrected chi connectivity index (χ4v) is 23.6. The fourth-order valence-electron chi connectivity index (χ4n) is 23.6. The Kier molecular flexibility index (Phi) is 26.9. The minimum Gasteiger partial charge on any atom is -0.381 e. The first-order valence-electron chi connectivity index (χ1n) is 50.9. The van der Waals surface area contributed by atoms with Gasteiger partial charge >= 0.3 is 0 Å². The molecular formula is C108H132FN21O8. The molecule has 8 fully saturated rings. The molecule has 0 N–H and O–H groups in total. The molecule has 20 heterocycles. The van der Waals surface area contributed by atoms with Crippen molar-refractivity contribution < 1.29 is 42.5 Å². The summed E-state index contributed by atoms with van der Waals surface area (Å²) in [6.07, 6.45) is 25.0. The van der Waals surface area contributed by atoms with Gasteiger partial charge in [-0.3, -0.25) is 37.9 Å². The summed E-state index contributed by atoms with van der Waals surface area (Å²) in [7, 11) is 4.31. The zero-order valence-corrected chi connectivity index (χ0v) is 81.5. The van der Waals surface area contributed by atoms with Crippen molar-refractivity contribution in [3.8, 4) is 45.0 Å². The molecule has 8 saturated heterocycles. The number of hydrogen-bond acceptors (Lipinski definition) is 21. The number of nitrogens with zero attached hydrogens (tertiary/aromatic N) is 21. The summed E-state index contributed by atoms with van der Waals surface area (Å²) in [6, 6.07) is 37.4.